The summed E-state index contributed by atoms with van der Waals surface area (Å²) < 4.78 is 18.9. The molecule has 90 valence electrons. The first-order valence-electron chi connectivity index (χ1n) is 5.35. The summed E-state index contributed by atoms with van der Waals surface area (Å²) in [6, 6.07) is 6.55. The van der Waals surface area contributed by atoms with Gasteiger partial charge in [0.1, 0.15) is 11.6 Å². The van der Waals surface area contributed by atoms with Crippen LogP contribution in [0.5, 0.6) is 0 Å². The molecule has 0 unspecified atom stereocenters. The summed E-state index contributed by atoms with van der Waals surface area (Å²) >= 11 is 1.48. The number of nitrogens with two attached hydrogens (primary N) is 1. The van der Waals surface area contributed by atoms with Gasteiger partial charge in [-0.3, -0.25) is 0 Å². The van der Waals surface area contributed by atoms with Crippen molar-refractivity contribution in [1.29, 1.82) is 0 Å². The zero-order chi connectivity index (χ0) is 12.4. The van der Waals surface area contributed by atoms with E-state index >= 15 is 0 Å². The molecule has 1 atom stereocenters. The maximum atomic E-state index is 13.7. The second kappa shape index (κ2) is 4.94. The zero-order valence-electron chi connectivity index (χ0n) is 9.74. The van der Waals surface area contributed by atoms with E-state index in [1.165, 1.54) is 17.8 Å². The van der Waals surface area contributed by atoms with Crippen LogP contribution in [0.1, 0.15) is 24.3 Å². The molecule has 4 heteroatoms. The summed E-state index contributed by atoms with van der Waals surface area (Å²) in [5.74, 6) is 0.570. The SMILES string of the molecule is Cc1occc1Sc1cccc(F)c1[C@@H](C)N. The molecule has 0 amide bonds. The molecule has 2 aromatic rings. The molecule has 0 fully saturated rings. The Bertz CT molecular complexity index is 522. The molecule has 0 radical (unpaired) electrons. The van der Waals surface area contributed by atoms with Crippen LogP contribution in [0.4, 0.5) is 4.39 Å². The Morgan fingerprint density at radius 2 is 2.06 bits per heavy atom. The average molecular weight is 251 g/mol. The van der Waals surface area contributed by atoms with Crippen LogP contribution in [-0.2, 0) is 0 Å². The Morgan fingerprint density at radius 1 is 1.29 bits per heavy atom. The third kappa shape index (κ3) is 2.53. The second-order valence-electron chi connectivity index (χ2n) is 3.88. The first-order chi connectivity index (χ1) is 8.09. The fourth-order valence-corrected chi connectivity index (χ4v) is 2.74. The van der Waals surface area contributed by atoms with Gasteiger partial charge in [-0.2, -0.15) is 0 Å². The lowest BCUT2D eigenvalue weighted by atomic mass is 10.1. The highest BCUT2D eigenvalue weighted by Crippen LogP contribution is 2.35. The van der Waals surface area contributed by atoms with Gasteiger partial charge in [0.25, 0.3) is 0 Å². The molecule has 2 rings (SSSR count). The molecule has 17 heavy (non-hydrogen) atoms. The van der Waals surface area contributed by atoms with Crippen molar-refractivity contribution >= 4 is 11.8 Å². The summed E-state index contributed by atoms with van der Waals surface area (Å²) in [6.45, 7) is 3.66. The van der Waals surface area contributed by atoms with E-state index in [1.807, 2.05) is 19.1 Å². The Kier molecular flexibility index (Phi) is 3.54. The average Bonchev–Trinajstić information content (AvgIpc) is 2.64. The van der Waals surface area contributed by atoms with E-state index in [0.717, 1.165) is 15.6 Å². The quantitative estimate of drug-likeness (QED) is 0.899. The number of aryl methyl sites for hydroxylation is 1. The van der Waals surface area contributed by atoms with Gasteiger partial charge in [-0.15, -0.1) is 0 Å². The predicted molar refractivity (Wildman–Crippen MR) is 66.6 cm³/mol. The van der Waals surface area contributed by atoms with E-state index in [9.17, 15) is 4.39 Å². The summed E-state index contributed by atoms with van der Waals surface area (Å²) in [6.07, 6.45) is 1.63. The number of halogens is 1. The first-order valence-corrected chi connectivity index (χ1v) is 6.17. The zero-order valence-corrected chi connectivity index (χ0v) is 10.6. The van der Waals surface area contributed by atoms with Crippen LogP contribution < -0.4 is 5.73 Å². The normalized spacial score (nSPS) is 12.7. The maximum Gasteiger partial charge on any atom is 0.129 e. The van der Waals surface area contributed by atoms with Gasteiger partial charge in [0.2, 0.25) is 0 Å². The summed E-state index contributed by atoms with van der Waals surface area (Å²) in [7, 11) is 0. The molecule has 0 bridgehead atoms. The van der Waals surface area contributed by atoms with E-state index in [4.69, 9.17) is 10.2 Å². The Morgan fingerprint density at radius 3 is 2.65 bits per heavy atom. The van der Waals surface area contributed by atoms with E-state index in [2.05, 4.69) is 0 Å². The van der Waals surface area contributed by atoms with Crippen molar-refractivity contribution in [3.63, 3.8) is 0 Å². The van der Waals surface area contributed by atoms with Gasteiger partial charge < -0.3 is 10.2 Å². The van der Waals surface area contributed by atoms with Crippen LogP contribution in [0.25, 0.3) is 0 Å². The van der Waals surface area contributed by atoms with Crippen molar-refractivity contribution in [2.75, 3.05) is 0 Å². The van der Waals surface area contributed by atoms with Gasteiger partial charge in [-0.1, -0.05) is 17.8 Å². The van der Waals surface area contributed by atoms with Crippen molar-refractivity contribution in [1.82, 2.24) is 0 Å². The molecule has 2 N–H and O–H groups in total. The number of furan rings is 1. The highest BCUT2D eigenvalue weighted by atomic mass is 32.2. The Hall–Kier alpha value is -1.26. The van der Waals surface area contributed by atoms with Crippen molar-refractivity contribution < 1.29 is 8.81 Å². The number of rotatable bonds is 3. The summed E-state index contributed by atoms with van der Waals surface area (Å²) in [5.41, 5.74) is 6.36. The molecule has 2 nitrogen and oxygen atoms in total. The van der Waals surface area contributed by atoms with Crippen LogP contribution in [-0.4, -0.2) is 0 Å². The Labute approximate surface area is 104 Å². The van der Waals surface area contributed by atoms with Gasteiger partial charge in [0.15, 0.2) is 0 Å². The Balaban J connectivity index is 2.39. The van der Waals surface area contributed by atoms with Crippen LogP contribution >= 0.6 is 11.8 Å². The van der Waals surface area contributed by atoms with Crippen molar-refractivity contribution in [2.45, 2.75) is 29.7 Å². The molecule has 0 saturated carbocycles. The monoisotopic (exact) mass is 251 g/mol. The van der Waals surface area contributed by atoms with Crippen LogP contribution in [0.2, 0.25) is 0 Å². The van der Waals surface area contributed by atoms with Crippen LogP contribution in [0.15, 0.2) is 44.7 Å². The van der Waals surface area contributed by atoms with Gasteiger partial charge >= 0.3 is 0 Å². The standard InChI is InChI=1S/C13H14FNOS/c1-8(15)13-10(14)4-3-5-12(13)17-11-6-7-16-9(11)2/h3-8H,15H2,1-2H3/t8-/m1/s1. The fraction of sp³-hybridized carbons (Fsp3) is 0.231. The van der Waals surface area contributed by atoms with Gasteiger partial charge in [0, 0.05) is 16.5 Å². The third-order valence-electron chi connectivity index (χ3n) is 2.50. The van der Waals surface area contributed by atoms with Crippen molar-refractivity contribution in [3.05, 3.63) is 47.7 Å². The molecule has 1 aromatic heterocycles. The van der Waals surface area contributed by atoms with Gasteiger partial charge in [-0.25, -0.2) is 4.39 Å². The van der Waals surface area contributed by atoms with Crippen molar-refractivity contribution in [2.24, 2.45) is 5.73 Å². The molecule has 0 aliphatic rings. The van der Waals surface area contributed by atoms with Crippen LogP contribution in [0.3, 0.4) is 0 Å². The minimum Gasteiger partial charge on any atom is -0.468 e. The lowest BCUT2D eigenvalue weighted by molar-refractivity contribution is 0.527. The smallest absolute Gasteiger partial charge is 0.129 e. The van der Waals surface area contributed by atoms with Gasteiger partial charge in [-0.05, 0) is 32.0 Å². The highest BCUT2D eigenvalue weighted by molar-refractivity contribution is 7.99. The minimum absolute atomic E-state index is 0.258. The summed E-state index contributed by atoms with van der Waals surface area (Å²) in [4.78, 5) is 1.82. The highest BCUT2D eigenvalue weighted by Gasteiger charge is 2.14. The minimum atomic E-state index is -0.328. The molecule has 0 aliphatic heterocycles. The van der Waals surface area contributed by atoms with Crippen molar-refractivity contribution in [3.8, 4) is 0 Å². The number of hydrogen-bond acceptors (Lipinski definition) is 3. The molecule has 0 saturated heterocycles. The van der Waals surface area contributed by atoms with E-state index in [1.54, 1.807) is 19.3 Å². The number of hydrogen-bond donors (Lipinski definition) is 1. The lowest BCUT2D eigenvalue weighted by Gasteiger charge is -2.12. The predicted octanol–water partition coefficient (Wildman–Crippen LogP) is 3.90. The van der Waals surface area contributed by atoms with E-state index in [0.29, 0.717) is 5.56 Å². The maximum absolute atomic E-state index is 13.7. The summed E-state index contributed by atoms with van der Waals surface area (Å²) in [5, 5.41) is 0. The van der Waals surface area contributed by atoms with Gasteiger partial charge in [0.05, 0.1) is 11.2 Å². The third-order valence-corrected chi connectivity index (χ3v) is 3.72. The molecular formula is C13H14FNOS. The lowest BCUT2D eigenvalue weighted by Crippen LogP contribution is -2.08. The molecule has 1 aromatic carbocycles. The molecule has 1 heterocycles. The molecule has 0 aliphatic carbocycles. The largest absolute Gasteiger partial charge is 0.468 e. The first kappa shape index (κ1) is 12.2. The van der Waals surface area contributed by atoms with E-state index in [-0.39, 0.29) is 11.9 Å². The molecular weight excluding hydrogens is 237 g/mol. The fourth-order valence-electron chi connectivity index (χ4n) is 1.65. The topological polar surface area (TPSA) is 39.2 Å². The van der Waals surface area contributed by atoms with Crippen LogP contribution in [0, 0.1) is 12.7 Å². The second-order valence-corrected chi connectivity index (χ2v) is 4.97. The molecule has 0 spiro atoms. The van der Waals surface area contributed by atoms with E-state index < -0.39 is 0 Å². The number of benzene rings is 1.